The summed E-state index contributed by atoms with van der Waals surface area (Å²) in [4.78, 5) is 0. The first kappa shape index (κ1) is 15.6. The summed E-state index contributed by atoms with van der Waals surface area (Å²) in [6.07, 6.45) is 3.77. The molecule has 0 saturated carbocycles. The average molecular weight is 298 g/mol. The van der Waals surface area contributed by atoms with E-state index in [4.69, 9.17) is 9.47 Å². The van der Waals surface area contributed by atoms with Crippen molar-refractivity contribution >= 4 is 5.83 Å². The third-order valence-corrected chi connectivity index (χ3v) is 3.32. The fourth-order valence-corrected chi connectivity index (χ4v) is 2.15. The quantitative estimate of drug-likeness (QED) is 0.767. The fourth-order valence-electron chi connectivity index (χ4n) is 2.15. The van der Waals surface area contributed by atoms with Gasteiger partial charge in [-0.05, 0) is 38.0 Å². The Labute approximate surface area is 121 Å². The van der Waals surface area contributed by atoms with Gasteiger partial charge in [0.1, 0.15) is 5.83 Å². The molecule has 2 rings (SSSR count). The SMILES string of the molecule is CCOc1ccc(/C(F)=C(\C)C2CC=CCO2)c(F)c1F. The van der Waals surface area contributed by atoms with Gasteiger partial charge in [-0.1, -0.05) is 12.2 Å². The normalized spacial score (nSPS) is 19.4. The van der Waals surface area contributed by atoms with Gasteiger partial charge in [-0.15, -0.1) is 0 Å². The Morgan fingerprint density at radius 1 is 1.29 bits per heavy atom. The second kappa shape index (κ2) is 6.80. The summed E-state index contributed by atoms with van der Waals surface area (Å²) in [5.74, 6) is -3.44. The van der Waals surface area contributed by atoms with Gasteiger partial charge in [-0.2, -0.15) is 4.39 Å². The smallest absolute Gasteiger partial charge is 0.201 e. The van der Waals surface area contributed by atoms with Gasteiger partial charge in [0.05, 0.1) is 19.3 Å². The third-order valence-electron chi connectivity index (χ3n) is 3.32. The van der Waals surface area contributed by atoms with Crippen LogP contribution in [0.1, 0.15) is 25.8 Å². The maximum atomic E-state index is 14.4. The largest absolute Gasteiger partial charge is 0.491 e. The lowest BCUT2D eigenvalue weighted by molar-refractivity contribution is 0.0938. The highest BCUT2D eigenvalue weighted by Crippen LogP contribution is 2.31. The minimum Gasteiger partial charge on any atom is -0.491 e. The highest BCUT2D eigenvalue weighted by atomic mass is 19.2. The predicted molar refractivity (Wildman–Crippen MR) is 74.7 cm³/mol. The van der Waals surface area contributed by atoms with Crippen molar-refractivity contribution in [3.8, 4) is 5.75 Å². The molecule has 0 amide bonds. The Hall–Kier alpha value is -1.75. The summed E-state index contributed by atoms with van der Waals surface area (Å²) < 4.78 is 52.5. The van der Waals surface area contributed by atoms with Crippen LogP contribution in [0.2, 0.25) is 0 Å². The predicted octanol–water partition coefficient (Wildman–Crippen LogP) is 4.41. The van der Waals surface area contributed by atoms with Crippen molar-refractivity contribution in [2.24, 2.45) is 0 Å². The molecule has 1 atom stereocenters. The zero-order chi connectivity index (χ0) is 15.4. The van der Waals surface area contributed by atoms with Gasteiger partial charge in [0.2, 0.25) is 5.82 Å². The van der Waals surface area contributed by atoms with E-state index in [1.54, 1.807) is 6.92 Å². The van der Waals surface area contributed by atoms with E-state index in [0.29, 0.717) is 13.0 Å². The lowest BCUT2D eigenvalue weighted by Crippen LogP contribution is -2.17. The Balaban J connectivity index is 2.36. The Morgan fingerprint density at radius 3 is 2.67 bits per heavy atom. The minimum absolute atomic E-state index is 0.204. The van der Waals surface area contributed by atoms with E-state index in [0.717, 1.165) is 0 Å². The van der Waals surface area contributed by atoms with Crippen molar-refractivity contribution in [2.45, 2.75) is 26.4 Å². The molecule has 114 valence electrons. The van der Waals surface area contributed by atoms with Crippen LogP contribution in [-0.2, 0) is 4.74 Å². The minimum atomic E-state index is -1.25. The summed E-state index contributed by atoms with van der Waals surface area (Å²) in [6, 6.07) is 2.41. The summed E-state index contributed by atoms with van der Waals surface area (Å²) in [5, 5.41) is 0. The van der Waals surface area contributed by atoms with E-state index in [1.807, 2.05) is 12.2 Å². The lowest BCUT2D eigenvalue weighted by atomic mass is 10.0. The number of hydrogen-bond donors (Lipinski definition) is 0. The maximum absolute atomic E-state index is 14.4. The number of rotatable bonds is 4. The molecule has 0 aliphatic carbocycles. The first-order chi connectivity index (χ1) is 10.1. The molecule has 0 aromatic heterocycles. The summed E-state index contributed by atoms with van der Waals surface area (Å²) in [7, 11) is 0. The van der Waals surface area contributed by atoms with Crippen LogP contribution in [0.4, 0.5) is 13.2 Å². The van der Waals surface area contributed by atoms with Crippen molar-refractivity contribution in [1.29, 1.82) is 0 Å². The van der Waals surface area contributed by atoms with Gasteiger partial charge in [0, 0.05) is 5.56 Å². The lowest BCUT2D eigenvalue weighted by Gasteiger charge is -2.20. The topological polar surface area (TPSA) is 18.5 Å². The second-order valence-electron chi connectivity index (χ2n) is 4.70. The Morgan fingerprint density at radius 2 is 2.05 bits per heavy atom. The van der Waals surface area contributed by atoms with Crippen molar-refractivity contribution in [2.75, 3.05) is 13.2 Å². The molecular formula is C16H17F3O2. The molecular weight excluding hydrogens is 281 g/mol. The van der Waals surface area contributed by atoms with E-state index < -0.39 is 29.1 Å². The average Bonchev–Trinajstić information content (AvgIpc) is 2.52. The monoisotopic (exact) mass is 298 g/mol. The van der Waals surface area contributed by atoms with Gasteiger partial charge in [-0.3, -0.25) is 0 Å². The van der Waals surface area contributed by atoms with Crippen molar-refractivity contribution in [3.63, 3.8) is 0 Å². The van der Waals surface area contributed by atoms with Gasteiger partial charge >= 0.3 is 0 Å². The van der Waals surface area contributed by atoms with Crippen LogP contribution in [0.5, 0.6) is 5.75 Å². The molecule has 5 heteroatoms. The van der Waals surface area contributed by atoms with Gasteiger partial charge in [0.15, 0.2) is 11.6 Å². The standard InChI is InChI=1S/C16H17F3O2/c1-3-20-13-8-7-11(15(18)16(13)19)14(17)10(2)12-6-4-5-9-21-12/h4-5,7-8,12H,3,6,9H2,1-2H3/b14-10-. The molecule has 0 saturated heterocycles. The number of ether oxygens (including phenoxy) is 2. The van der Waals surface area contributed by atoms with Crippen molar-refractivity contribution in [1.82, 2.24) is 0 Å². The van der Waals surface area contributed by atoms with Gasteiger partial charge in [0.25, 0.3) is 0 Å². The van der Waals surface area contributed by atoms with Crippen molar-refractivity contribution in [3.05, 3.63) is 47.1 Å². The van der Waals surface area contributed by atoms with Crippen LogP contribution in [-0.4, -0.2) is 19.3 Å². The molecule has 0 bridgehead atoms. The molecule has 0 radical (unpaired) electrons. The molecule has 1 aliphatic heterocycles. The molecule has 0 spiro atoms. The molecule has 1 aromatic carbocycles. The van der Waals surface area contributed by atoms with Crippen molar-refractivity contribution < 1.29 is 22.6 Å². The summed E-state index contributed by atoms with van der Waals surface area (Å²) in [6.45, 7) is 3.77. The molecule has 1 aromatic rings. The van der Waals surface area contributed by atoms with Crippen LogP contribution in [0.25, 0.3) is 5.83 Å². The summed E-state index contributed by atoms with van der Waals surface area (Å²) in [5.41, 5.74) is -0.159. The number of benzene rings is 1. The Bertz CT molecular complexity index is 579. The Kier molecular flexibility index (Phi) is 5.07. The zero-order valence-corrected chi connectivity index (χ0v) is 12.0. The highest BCUT2D eigenvalue weighted by molar-refractivity contribution is 5.64. The van der Waals surface area contributed by atoms with Crippen LogP contribution >= 0.6 is 0 Å². The molecule has 0 N–H and O–H groups in total. The fraction of sp³-hybridized carbons (Fsp3) is 0.375. The van der Waals surface area contributed by atoms with E-state index in [-0.39, 0.29) is 17.9 Å². The highest BCUT2D eigenvalue weighted by Gasteiger charge is 2.22. The van der Waals surface area contributed by atoms with E-state index in [2.05, 4.69) is 0 Å². The van der Waals surface area contributed by atoms with Gasteiger partial charge < -0.3 is 9.47 Å². The van der Waals surface area contributed by atoms with E-state index >= 15 is 0 Å². The molecule has 1 aliphatic rings. The second-order valence-corrected chi connectivity index (χ2v) is 4.70. The van der Waals surface area contributed by atoms with Gasteiger partial charge in [-0.25, -0.2) is 8.78 Å². The zero-order valence-electron chi connectivity index (χ0n) is 12.0. The molecule has 21 heavy (non-hydrogen) atoms. The molecule has 2 nitrogen and oxygen atoms in total. The van der Waals surface area contributed by atoms with E-state index in [1.165, 1.54) is 19.1 Å². The maximum Gasteiger partial charge on any atom is 0.201 e. The molecule has 1 unspecified atom stereocenters. The first-order valence-corrected chi connectivity index (χ1v) is 6.80. The van der Waals surface area contributed by atoms with Crippen LogP contribution in [0.3, 0.4) is 0 Å². The van der Waals surface area contributed by atoms with Crippen LogP contribution in [0, 0.1) is 11.6 Å². The van der Waals surface area contributed by atoms with E-state index in [9.17, 15) is 13.2 Å². The summed E-state index contributed by atoms with van der Waals surface area (Å²) >= 11 is 0. The number of hydrogen-bond acceptors (Lipinski definition) is 2. The van der Waals surface area contributed by atoms with Crippen LogP contribution in [0.15, 0.2) is 29.9 Å². The molecule has 1 heterocycles. The number of halogens is 3. The molecule has 0 fully saturated rings. The van der Waals surface area contributed by atoms with Crippen LogP contribution < -0.4 is 4.74 Å². The third kappa shape index (κ3) is 3.29. The first-order valence-electron chi connectivity index (χ1n) is 6.80.